The zero-order chi connectivity index (χ0) is 13.7. The highest BCUT2D eigenvalue weighted by molar-refractivity contribution is 5.31. The normalized spacial score (nSPS) is 24.4. The highest BCUT2D eigenvalue weighted by Gasteiger charge is 2.31. The maximum absolute atomic E-state index is 5.95. The Labute approximate surface area is 115 Å². The molecular formula is C15H24N2O2. The average molecular weight is 264 g/mol. The number of nitrogens with zero attached hydrogens (tertiary/aromatic N) is 1. The lowest BCUT2D eigenvalue weighted by Gasteiger charge is -2.39. The van der Waals surface area contributed by atoms with E-state index in [1.54, 1.807) is 7.11 Å². The van der Waals surface area contributed by atoms with Gasteiger partial charge in [-0.1, -0.05) is 19.1 Å². The van der Waals surface area contributed by atoms with Crippen molar-refractivity contribution in [2.45, 2.75) is 19.1 Å². The molecule has 0 spiro atoms. The molecule has 4 nitrogen and oxygen atoms in total. The van der Waals surface area contributed by atoms with E-state index >= 15 is 0 Å². The molecule has 0 aromatic heterocycles. The first-order valence-electron chi connectivity index (χ1n) is 6.92. The topological polar surface area (TPSA) is 33.7 Å². The van der Waals surface area contributed by atoms with Crippen LogP contribution < -0.4 is 10.1 Å². The molecule has 1 aromatic rings. The van der Waals surface area contributed by atoms with Crippen LogP contribution in [0.5, 0.6) is 5.75 Å². The number of hydrogen-bond donors (Lipinski definition) is 1. The van der Waals surface area contributed by atoms with Gasteiger partial charge in [-0.05, 0) is 31.3 Å². The molecule has 1 aliphatic rings. The van der Waals surface area contributed by atoms with E-state index in [0.29, 0.717) is 0 Å². The number of benzene rings is 1. The quantitative estimate of drug-likeness (QED) is 0.877. The van der Waals surface area contributed by atoms with E-state index in [0.717, 1.165) is 32.0 Å². The maximum atomic E-state index is 5.95. The predicted octanol–water partition coefficient (Wildman–Crippen LogP) is 1.68. The molecule has 1 aliphatic heterocycles. The van der Waals surface area contributed by atoms with Gasteiger partial charge in [-0.15, -0.1) is 0 Å². The van der Waals surface area contributed by atoms with Crippen molar-refractivity contribution in [3.05, 3.63) is 29.8 Å². The van der Waals surface area contributed by atoms with E-state index in [2.05, 4.69) is 36.3 Å². The van der Waals surface area contributed by atoms with Gasteiger partial charge in [-0.2, -0.15) is 0 Å². The fraction of sp³-hybridized carbons (Fsp3) is 0.600. The van der Waals surface area contributed by atoms with E-state index < -0.39 is 0 Å². The lowest BCUT2D eigenvalue weighted by Crippen LogP contribution is -2.47. The van der Waals surface area contributed by atoms with Gasteiger partial charge < -0.3 is 14.8 Å². The van der Waals surface area contributed by atoms with Crippen LogP contribution in [0.3, 0.4) is 0 Å². The van der Waals surface area contributed by atoms with E-state index in [-0.39, 0.29) is 12.1 Å². The minimum Gasteiger partial charge on any atom is -0.497 e. The van der Waals surface area contributed by atoms with Crippen LogP contribution in [-0.2, 0) is 4.74 Å². The van der Waals surface area contributed by atoms with Gasteiger partial charge in [0.2, 0.25) is 0 Å². The van der Waals surface area contributed by atoms with Crippen LogP contribution in [0.2, 0.25) is 0 Å². The van der Waals surface area contributed by atoms with Crippen molar-refractivity contribution in [2.24, 2.45) is 0 Å². The molecule has 2 unspecified atom stereocenters. The smallest absolute Gasteiger partial charge is 0.119 e. The molecule has 2 rings (SSSR count). The van der Waals surface area contributed by atoms with Gasteiger partial charge in [0.1, 0.15) is 5.75 Å². The lowest BCUT2D eigenvalue weighted by atomic mass is 9.98. The van der Waals surface area contributed by atoms with E-state index in [4.69, 9.17) is 9.47 Å². The lowest BCUT2D eigenvalue weighted by molar-refractivity contribution is -0.0612. The molecule has 2 atom stereocenters. The average Bonchev–Trinajstić information content (AvgIpc) is 2.45. The van der Waals surface area contributed by atoms with Crippen LogP contribution in [0.4, 0.5) is 0 Å². The Morgan fingerprint density at radius 2 is 2.32 bits per heavy atom. The summed E-state index contributed by atoms with van der Waals surface area (Å²) in [5.74, 6) is 0.902. The maximum Gasteiger partial charge on any atom is 0.119 e. The van der Waals surface area contributed by atoms with Gasteiger partial charge in [0.25, 0.3) is 0 Å². The van der Waals surface area contributed by atoms with Crippen molar-refractivity contribution < 1.29 is 9.47 Å². The Hall–Kier alpha value is -1.10. The SMILES string of the molecule is CCNCC1OCCN(C)C1c1cccc(OC)c1. The third-order valence-electron chi connectivity index (χ3n) is 3.63. The Morgan fingerprint density at radius 1 is 1.47 bits per heavy atom. The molecule has 1 aromatic carbocycles. The first-order valence-corrected chi connectivity index (χ1v) is 6.92. The highest BCUT2D eigenvalue weighted by atomic mass is 16.5. The minimum atomic E-state index is 0.186. The molecule has 0 aliphatic carbocycles. The van der Waals surface area contributed by atoms with Crippen LogP contribution in [0.25, 0.3) is 0 Å². The van der Waals surface area contributed by atoms with Crippen LogP contribution in [-0.4, -0.2) is 51.4 Å². The largest absolute Gasteiger partial charge is 0.497 e. The molecule has 0 saturated carbocycles. The second kappa shape index (κ2) is 6.89. The Morgan fingerprint density at radius 3 is 3.05 bits per heavy atom. The van der Waals surface area contributed by atoms with Gasteiger partial charge in [0, 0.05) is 13.1 Å². The van der Waals surface area contributed by atoms with E-state index in [1.165, 1.54) is 5.56 Å². The summed E-state index contributed by atoms with van der Waals surface area (Å²) in [5.41, 5.74) is 1.25. The molecular weight excluding hydrogens is 240 g/mol. The molecule has 1 saturated heterocycles. The van der Waals surface area contributed by atoms with Gasteiger partial charge in [0.15, 0.2) is 0 Å². The summed E-state index contributed by atoms with van der Waals surface area (Å²) >= 11 is 0. The van der Waals surface area contributed by atoms with E-state index in [9.17, 15) is 0 Å². The molecule has 19 heavy (non-hydrogen) atoms. The zero-order valence-corrected chi connectivity index (χ0v) is 12.1. The molecule has 0 amide bonds. The molecule has 1 heterocycles. The van der Waals surface area contributed by atoms with Crippen LogP contribution in [0, 0.1) is 0 Å². The summed E-state index contributed by atoms with van der Waals surface area (Å²) in [6.45, 7) is 5.72. The van der Waals surface area contributed by atoms with Crippen molar-refractivity contribution in [3.8, 4) is 5.75 Å². The van der Waals surface area contributed by atoms with Crippen LogP contribution >= 0.6 is 0 Å². The summed E-state index contributed by atoms with van der Waals surface area (Å²) in [6, 6.07) is 8.56. The number of ether oxygens (including phenoxy) is 2. The molecule has 0 bridgehead atoms. The third-order valence-corrected chi connectivity index (χ3v) is 3.63. The Kier molecular flexibility index (Phi) is 5.19. The zero-order valence-electron chi connectivity index (χ0n) is 12.1. The van der Waals surface area contributed by atoms with Crippen molar-refractivity contribution in [2.75, 3.05) is 40.4 Å². The number of rotatable bonds is 5. The number of morpholine rings is 1. The second-order valence-corrected chi connectivity index (χ2v) is 4.92. The van der Waals surface area contributed by atoms with Gasteiger partial charge in [0.05, 0.1) is 25.9 Å². The molecule has 4 heteroatoms. The number of nitrogens with one attached hydrogen (secondary N) is 1. The van der Waals surface area contributed by atoms with Crippen molar-refractivity contribution in [1.82, 2.24) is 10.2 Å². The first kappa shape index (κ1) is 14.3. The van der Waals surface area contributed by atoms with Crippen LogP contribution in [0.15, 0.2) is 24.3 Å². The third kappa shape index (κ3) is 3.47. The minimum absolute atomic E-state index is 0.186. The van der Waals surface area contributed by atoms with E-state index in [1.807, 2.05) is 12.1 Å². The van der Waals surface area contributed by atoms with Gasteiger partial charge in [-0.25, -0.2) is 0 Å². The number of hydrogen-bond acceptors (Lipinski definition) is 4. The second-order valence-electron chi connectivity index (χ2n) is 4.92. The number of likely N-dealkylation sites (N-methyl/N-ethyl adjacent to an activating group) is 2. The monoisotopic (exact) mass is 264 g/mol. The van der Waals surface area contributed by atoms with Crippen LogP contribution in [0.1, 0.15) is 18.5 Å². The molecule has 1 N–H and O–H groups in total. The van der Waals surface area contributed by atoms with Crippen molar-refractivity contribution in [1.29, 1.82) is 0 Å². The Balaban J connectivity index is 2.19. The fourth-order valence-electron chi connectivity index (χ4n) is 2.61. The predicted molar refractivity (Wildman–Crippen MR) is 76.6 cm³/mol. The van der Waals surface area contributed by atoms with Crippen molar-refractivity contribution >= 4 is 0 Å². The fourth-order valence-corrected chi connectivity index (χ4v) is 2.61. The summed E-state index contributed by atoms with van der Waals surface area (Å²) < 4.78 is 11.3. The van der Waals surface area contributed by atoms with Crippen molar-refractivity contribution in [3.63, 3.8) is 0 Å². The number of methoxy groups -OCH3 is 1. The molecule has 0 radical (unpaired) electrons. The van der Waals surface area contributed by atoms with Gasteiger partial charge >= 0.3 is 0 Å². The highest BCUT2D eigenvalue weighted by Crippen LogP contribution is 2.30. The van der Waals surface area contributed by atoms with Gasteiger partial charge in [-0.3, -0.25) is 4.90 Å². The first-order chi connectivity index (χ1) is 9.26. The molecule has 1 fully saturated rings. The summed E-state index contributed by atoms with van der Waals surface area (Å²) in [7, 11) is 3.86. The summed E-state index contributed by atoms with van der Waals surface area (Å²) in [6.07, 6.45) is 0.186. The standard InChI is InChI=1S/C15H24N2O2/c1-4-16-11-14-15(17(2)8-9-19-14)12-6-5-7-13(10-12)18-3/h5-7,10,14-16H,4,8-9,11H2,1-3H3. The Bertz CT molecular complexity index is 397. The molecule has 106 valence electrons. The summed E-state index contributed by atoms with van der Waals surface area (Å²) in [4.78, 5) is 2.36. The summed E-state index contributed by atoms with van der Waals surface area (Å²) in [5, 5.41) is 3.38.